The molecule has 2 N–H and O–H groups in total. The highest BCUT2D eigenvalue weighted by Crippen LogP contribution is 2.12. The van der Waals surface area contributed by atoms with Gasteiger partial charge in [0.05, 0.1) is 28.9 Å². The lowest BCUT2D eigenvalue weighted by atomic mass is 10.3. The van der Waals surface area contributed by atoms with E-state index in [0.717, 1.165) is 24.0 Å². The SMILES string of the molecule is O=C(NCCCn1cnc2ccccc21)NC1CCS(=O)(=O)C1. The molecule has 1 aliphatic rings. The van der Waals surface area contributed by atoms with Gasteiger partial charge in [-0.3, -0.25) is 0 Å². The number of imidazole rings is 1. The number of para-hydroxylation sites is 2. The molecular formula is C15H20N4O3S. The second-order valence-electron chi connectivity index (χ2n) is 5.78. The number of carbonyl (C=O) groups excluding carboxylic acids is 1. The summed E-state index contributed by atoms with van der Waals surface area (Å²) in [6.07, 6.45) is 3.07. The smallest absolute Gasteiger partial charge is 0.315 e. The summed E-state index contributed by atoms with van der Waals surface area (Å²) in [6.45, 7) is 1.29. The van der Waals surface area contributed by atoms with Gasteiger partial charge in [-0.25, -0.2) is 18.2 Å². The van der Waals surface area contributed by atoms with Crippen LogP contribution in [-0.4, -0.2) is 48.1 Å². The Morgan fingerprint density at radius 3 is 2.96 bits per heavy atom. The Hall–Kier alpha value is -2.09. The maximum absolute atomic E-state index is 11.7. The summed E-state index contributed by atoms with van der Waals surface area (Å²) >= 11 is 0. The topological polar surface area (TPSA) is 93.1 Å². The second-order valence-corrected chi connectivity index (χ2v) is 8.01. The van der Waals surface area contributed by atoms with Gasteiger partial charge in [0.15, 0.2) is 9.84 Å². The Morgan fingerprint density at radius 1 is 1.35 bits per heavy atom. The van der Waals surface area contributed by atoms with Gasteiger partial charge in [0.1, 0.15) is 0 Å². The zero-order valence-electron chi connectivity index (χ0n) is 12.7. The summed E-state index contributed by atoms with van der Waals surface area (Å²) in [5.41, 5.74) is 2.04. The van der Waals surface area contributed by atoms with Gasteiger partial charge in [-0.1, -0.05) is 12.1 Å². The Morgan fingerprint density at radius 2 is 2.17 bits per heavy atom. The number of fused-ring (bicyclic) bond motifs is 1. The van der Waals surface area contributed by atoms with Crippen LogP contribution in [0.15, 0.2) is 30.6 Å². The van der Waals surface area contributed by atoms with Gasteiger partial charge < -0.3 is 15.2 Å². The first-order chi connectivity index (χ1) is 11.0. The summed E-state index contributed by atoms with van der Waals surface area (Å²) in [7, 11) is -2.97. The summed E-state index contributed by atoms with van der Waals surface area (Å²) < 4.78 is 24.7. The Bertz CT molecular complexity index is 800. The zero-order valence-corrected chi connectivity index (χ0v) is 13.6. The maximum atomic E-state index is 11.7. The summed E-state index contributed by atoms with van der Waals surface area (Å²) in [4.78, 5) is 16.1. The van der Waals surface area contributed by atoms with Crippen LogP contribution in [0.5, 0.6) is 0 Å². The van der Waals surface area contributed by atoms with Crippen LogP contribution >= 0.6 is 0 Å². The molecule has 0 radical (unpaired) electrons. The summed E-state index contributed by atoms with van der Waals surface area (Å²) in [6, 6.07) is 7.34. The molecule has 1 aromatic carbocycles. The lowest BCUT2D eigenvalue weighted by Gasteiger charge is -2.12. The van der Waals surface area contributed by atoms with E-state index >= 15 is 0 Å². The minimum Gasteiger partial charge on any atom is -0.338 e. The van der Waals surface area contributed by atoms with Gasteiger partial charge in [0, 0.05) is 19.1 Å². The molecule has 1 aromatic heterocycles. The highest BCUT2D eigenvalue weighted by atomic mass is 32.2. The van der Waals surface area contributed by atoms with E-state index in [1.54, 1.807) is 6.33 Å². The van der Waals surface area contributed by atoms with Crippen LogP contribution in [0, 0.1) is 0 Å². The molecule has 0 spiro atoms. The molecule has 1 saturated heterocycles. The van der Waals surface area contributed by atoms with Crippen molar-refractivity contribution in [2.24, 2.45) is 0 Å². The van der Waals surface area contributed by atoms with Crippen LogP contribution in [-0.2, 0) is 16.4 Å². The van der Waals surface area contributed by atoms with Gasteiger partial charge in [-0.05, 0) is 25.0 Å². The van der Waals surface area contributed by atoms with Crippen molar-refractivity contribution >= 4 is 26.9 Å². The van der Waals surface area contributed by atoms with Crippen LogP contribution < -0.4 is 10.6 Å². The minimum atomic E-state index is -2.97. The average Bonchev–Trinajstić information content (AvgIpc) is 3.07. The van der Waals surface area contributed by atoms with Gasteiger partial charge in [0.2, 0.25) is 0 Å². The number of rotatable bonds is 5. The van der Waals surface area contributed by atoms with Crippen molar-refractivity contribution < 1.29 is 13.2 Å². The number of aryl methyl sites for hydroxylation is 1. The lowest BCUT2D eigenvalue weighted by molar-refractivity contribution is 0.237. The number of urea groups is 1. The Balaban J connectivity index is 1.40. The van der Waals surface area contributed by atoms with Gasteiger partial charge in [-0.2, -0.15) is 0 Å². The third-order valence-electron chi connectivity index (χ3n) is 3.96. The van der Waals surface area contributed by atoms with Crippen LogP contribution in [0.3, 0.4) is 0 Å². The number of sulfone groups is 1. The molecule has 1 atom stereocenters. The van der Waals surface area contributed by atoms with E-state index in [1.807, 2.05) is 24.3 Å². The molecule has 1 unspecified atom stereocenters. The first-order valence-corrected chi connectivity index (χ1v) is 9.50. The first kappa shape index (κ1) is 15.8. The van der Waals surface area contributed by atoms with E-state index < -0.39 is 9.84 Å². The number of aromatic nitrogens is 2. The predicted molar refractivity (Wildman–Crippen MR) is 87.9 cm³/mol. The number of hydrogen-bond acceptors (Lipinski definition) is 4. The largest absolute Gasteiger partial charge is 0.338 e. The second kappa shape index (κ2) is 6.57. The van der Waals surface area contributed by atoms with Crippen molar-refractivity contribution in [3.05, 3.63) is 30.6 Å². The van der Waals surface area contributed by atoms with Crippen LogP contribution in [0.4, 0.5) is 4.79 Å². The molecule has 124 valence electrons. The van der Waals surface area contributed by atoms with E-state index in [-0.39, 0.29) is 23.6 Å². The van der Waals surface area contributed by atoms with E-state index in [2.05, 4.69) is 20.2 Å². The van der Waals surface area contributed by atoms with Crippen molar-refractivity contribution in [2.75, 3.05) is 18.1 Å². The monoisotopic (exact) mass is 336 g/mol. The number of hydrogen-bond donors (Lipinski definition) is 2. The third kappa shape index (κ3) is 4.01. The molecule has 0 bridgehead atoms. The van der Waals surface area contributed by atoms with E-state index in [4.69, 9.17) is 0 Å². The fourth-order valence-electron chi connectivity index (χ4n) is 2.79. The molecule has 2 aromatic rings. The summed E-state index contributed by atoms with van der Waals surface area (Å²) in [5, 5.41) is 5.48. The number of benzene rings is 1. The van der Waals surface area contributed by atoms with E-state index in [0.29, 0.717) is 13.0 Å². The van der Waals surface area contributed by atoms with Crippen LogP contribution in [0.25, 0.3) is 11.0 Å². The van der Waals surface area contributed by atoms with Gasteiger partial charge in [-0.15, -0.1) is 0 Å². The zero-order chi connectivity index (χ0) is 16.3. The van der Waals surface area contributed by atoms with Crippen LogP contribution in [0.1, 0.15) is 12.8 Å². The van der Waals surface area contributed by atoms with Crippen molar-refractivity contribution in [2.45, 2.75) is 25.4 Å². The normalized spacial score (nSPS) is 19.7. The van der Waals surface area contributed by atoms with Gasteiger partial charge in [0.25, 0.3) is 0 Å². The first-order valence-electron chi connectivity index (χ1n) is 7.68. The molecule has 8 heteroatoms. The molecular weight excluding hydrogens is 316 g/mol. The third-order valence-corrected chi connectivity index (χ3v) is 5.72. The highest BCUT2D eigenvalue weighted by molar-refractivity contribution is 7.91. The molecule has 2 heterocycles. The van der Waals surface area contributed by atoms with Crippen molar-refractivity contribution in [3.8, 4) is 0 Å². The van der Waals surface area contributed by atoms with Crippen molar-refractivity contribution in [3.63, 3.8) is 0 Å². The summed E-state index contributed by atoms with van der Waals surface area (Å²) in [5.74, 6) is 0.201. The molecule has 0 aliphatic carbocycles. The molecule has 1 fully saturated rings. The predicted octanol–water partition coefficient (Wildman–Crippen LogP) is 0.913. The maximum Gasteiger partial charge on any atom is 0.315 e. The average molecular weight is 336 g/mol. The van der Waals surface area contributed by atoms with E-state index in [9.17, 15) is 13.2 Å². The molecule has 0 saturated carbocycles. The molecule has 23 heavy (non-hydrogen) atoms. The van der Waals surface area contributed by atoms with Crippen LogP contribution in [0.2, 0.25) is 0 Å². The Kier molecular flexibility index (Phi) is 4.51. The fourth-order valence-corrected chi connectivity index (χ4v) is 4.46. The lowest BCUT2D eigenvalue weighted by Crippen LogP contribution is -2.43. The number of nitrogens with zero attached hydrogens (tertiary/aromatic N) is 2. The number of nitrogens with one attached hydrogen (secondary N) is 2. The number of amides is 2. The Labute approximate surface area is 135 Å². The highest BCUT2D eigenvalue weighted by Gasteiger charge is 2.28. The van der Waals surface area contributed by atoms with Crippen molar-refractivity contribution in [1.82, 2.24) is 20.2 Å². The molecule has 3 rings (SSSR count). The molecule has 2 amide bonds. The minimum absolute atomic E-state index is 0.0431. The van der Waals surface area contributed by atoms with E-state index in [1.165, 1.54) is 0 Å². The number of carbonyl (C=O) groups is 1. The van der Waals surface area contributed by atoms with Crippen molar-refractivity contribution in [1.29, 1.82) is 0 Å². The van der Waals surface area contributed by atoms with Gasteiger partial charge >= 0.3 is 6.03 Å². The quantitative estimate of drug-likeness (QED) is 0.794. The fraction of sp³-hybridized carbons (Fsp3) is 0.467. The molecule has 7 nitrogen and oxygen atoms in total. The molecule has 1 aliphatic heterocycles. The standard InChI is InChI=1S/C15H20N4O3S/c20-15(18-12-6-9-23(21,22)10-12)16-7-3-8-19-11-17-13-4-1-2-5-14(13)19/h1-2,4-5,11-12H,3,6-10H2,(H2,16,18,20).